The smallest absolute Gasteiger partial charge is 0.228 e. The van der Waals surface area contributed by atoms with Gasteiger partial charge in [0.15, 0.2) is 5.78 Å². The monoisotopic (exact) mass is 384 g/mol. The molecule has 1 saturated heterocycles. The fourth-order valence-corrected chi connectivity index (χ4v) is 6.64. The average molecular weight is 385 g/mol. The van der Waals surface area contributed by atoms with E-state index in [1.165, 1.54) is 19.3 Å². The highest BCUT2D eigenvalue weighted by atomic mass is 79.9. The summed E-state index contributed by atoms with van der Waals surface area (Å²) in [5, 5.41) is 3.15. The van der Waals surface area contributed by atoms with Gasteiger partial charge in [-0.1, -0.05) is 43.1 Å². The number of fused-ring (bicyclic) bond motifs is 2. The Kier molecular flexibility index (Phi) is 4.41. The van der Waals surface area contributed by atoms with E-state index in [0.717, 1.165) is 32.5 Å². The van der Waals surface area contributed by atoms with Crippen LogP contribution in [0.2, 0.25) is 0 Å². The molecule has 3 rings (SSSR count). The maximum Gasteiger partial charge on any atom is 0.228 e. The third-order valence-electron chi connectivity index (χ3n) is 7.29. The highest BCUT2D eigenvalue weighted by Crippen LogP contribution is 2.72. The first-order chi connectivity index (χ1) is 10.8. The Hall–Kier alpha value is -0.420. The Balaban J connectivity index is 1.67. The Bertz CT molecular complexity index is 515. The number of amides is 1. The van der Waals surface area contributed by atoms with Crippen LogP contribution in [-0.2, 0) is 9.59 Å². The van der Waals surface area contributed by atoms with E-state index in [-0.39, 0.29) is 27.3 Å². The number of rotatable bonds is 4. The van der Waals surface area contributed by atoms with E-state index in [2.05, 4.69) is 40.0 Å². The van der Waals surface area contributed by atoms with Crippen LogP contribution in [0.5, 0.6) is 0 Å². The molecule has 1 amide bonds. The van der Waals surface area contributed by atoms with Crippen molar-refractivity contribution < 1.29 is 9.59 Å². The van der Waals surface area contributed by atoms with Crippen molar-refractivity contribution in [2.45, 2.75) is 57.7 Å². The van der Waals surface area contributed by atoms with E-state index < -0.39 is 5.41 Å². The molecule has 0 aromatic carbocycles. The number of carbonyl (C=O) groups is 2. The Morgan fingerprint density at radius 1 is 1.22 bits per heavy atom. The molecule has 0 aromatic heterocycles. The van der Waals surface area contributed by atoms with Crippen molar-refractivity contribution >= 4 is 27.6 Å². The van der Waals surface area contributed by atoms with Crippen molar-refractivity contribution in [3.63, 3.8) is 0 Å². The summed E-state index contributed by atoms with van der Waals surface area (Å²) < 4.78 is 0. The van der Waals surface area contributed by atoms with Crippen LogP contribution in [0.25, 0.3) is 0 Å². The van der Waals surface area contributed by atoms with Crippen LogP contribution in [0, 0.1) is 16.2 Å². The zero-order valence-corrected chi connectivity index (χ0v) is 16.2. The van der Waals surface area contributed by atoms with Gasteiger partial charge in [-0.2, -0.15) is 0 Å². The van der Waals surface area contributed by atoms with Crippen molar-refractivity contribution in [2.24, 2.45) is 16.2 Å². The molecule has 23 heavy (non-hydrogen) atoms. The minimum Gasteiger partial charge on any atom is -0.354 e. The van der Waals surface area contributed by atoms with Crippen molar-refractivity contribution in [2.75, 3.05) is 26.2 Å². The third-order valence-corrected chi connectivity index (χ3v) is 8.49. The summed E-state index contributed by atoms with van der Waals surface area (Å²) in [6.45, 7) is 10.1. The Morgan fingerprint density at radius 3 is 2.43 bits per heavy atom. The maximum atomic E-state index is 13.1. The number of nitrogens with zero attached hydrogens (tertiary/aromatic N) is 1. The van der Waals surface area contributed by atoms with E-state index in [1.54, 1.807) is 0 Å². The molecule has 3 fully saturated rings. The van der Waals surface area contributed by atoms with Crippen LogP contribution in [0.3, 0.4) is 0 Å². The number of hydrogen-bond donors (Lipinski definition) is 1. The molecular weight excluding hydrogens is 356 g/mol. The average Bonchev–Trinajstić information content (AvgIpc) is 2.80. The minimum absolute atomic E-state index is 0.0657. The van der Waals surface area contributed by atoms with Gasteiger partial charge in [-0.3, -0.25) is 9.59 Å². The molecule has 3 aliphatic rings. The molecule has 4 nitrogen and oxygen atoms in total. The van der Waals surface area contributed by atoms with Crippen LogP contribution in [-0.4, -0.2) is 47.6 Å². The van der Waals surface area contributed by atoms with E-state index in [0.29, 0.717) is 6.54 Å². The standard InChI is InChI=1S/C18H29BrN2O2/c1-16(2)17(3)7-8-18(16,13(19)14(17)22)15(23)20-9-12-21-10-5-4-6-11-21/h13H,4-12H2,1-3H3,(H,20,23)/t13-,17+,18-/m1/s1. The number of Topliss-reactive ketones (excluding diaryl/α,β-unsaturated/α-hetero) is 1. The molecule has 0 spiro atoms. The van der Waals surface area contributed by atoms with Gasteiger partial charge >= 0.3 is 0 Å². The SMILES string of the molecule is CC1(C)[C@@]2(C)CC[C@]1(C(=O)NCCN1CCCCC1)[C@H](Br)C2=O. The highest BCUT2D eigenvalue weighted by molar-refractivity contribution is 9.10. The normalized spacial score (nSPS) is 39.7. The number of hydrogen-bond acceptors (Lipinski definition) is 3. The molecule has 130 valence electrons. The minimum atomic E-state index is -0.596. The third kappa shape index (κ3) is 2.25. The van der Waals surface area contributed by atoms with Crippen molar-refractivity contribution in [1.29, 1.82) is 0 Å². The number of nitrogens with one attached hydrogen (secondary N) is 1. The van der Waals surface area contributed by atoms with Crippen LogP contribution in [0.1, 0.15) is 52.9 Å². The van der Waals surface area contributed by atoms with Crippen molar-refractivity contribution in [3.05, 3.63) is 0 Å². The number of carbonyl (C=O) groups excluding carboxylic acids is 2. The molecule has 1 aliphatic heterocycles. The van der Waals surface area contributed by atoms with E-state index in [4.69, 9.17) is 0 Å². The van der Waals surface area contributed by atoms with E-state index >= 15 is 0 Å². The fraction of sp³-hybridized carbons (Fsp3) is 0.889. The quantitative estimate of drug-likeness (QED) is 0.758. The largest absolute Gasteiger partial charge is 0.354 e. The van der Waals surface area contributed by atoms with Gasteiger partial charge in [0.05, 0.1) is 10.2 Å². The molecule has 2 bridgehead atoms. The topological polar surface area (TPSA) is 49.4 Å². The Morgan fingerprint density at radius 2 is 1.87 bits per heavy atom. The zero-order valence-electron chi connectivity index (χ0n) is 14.6. The summed E-state index contributed by atoms with van der Waals surface area (Å²) >= 11 is 3.58. The molecule has 0 radical (unpaired) electrons. The molecule has 2 aliphatic carbocycles. The lowest BCUT2D eigenvalue weighted by Crippen LogP contribution is -2.52. The molecule has 1 heterocycles. The first kappa shape index (κ1) is 17.4. The molecule has 2 saturated carbocycles. The molecule has 1 N–H and O–H groups in total. The zero-order chi connectivity index (χ0) is 16.9. The van der Waals surface area contributed by atoms with Crippen LogP contribution in [0.15, 0.2) is 0 Å². The number of alkyl halides is 1. The summed E-state index contributed by atoms with van der Waals surface area (Å²) in [6.07, 6.45) is 5.47. The van der Waals surface area contributed by atoms with Crippen molar-refractivity contribution in [1.82, 2.24) is 10.2 Å². The van der Waals surface area contributed by atoms with E-state index in [9.17, 15) is 9.59 Å². The molecule has 3 atom stereocenters. The highest BCUT2D eigenvalue weighted by Gasteiger charge is 2.76. The predicted octanol–water partition coefficient (Wildman–Crippen LogP) is 2.75. The predicted molar refractivity (Wildman–Crippen MR) is 94.6 cm³/mol. The van der Waals surface area contributed by atoms with E-state index in [1.807, 2.05) is 6.92 Å². The first-order valence-corrected chi connectivity index (χ1v) is 9.88. The van der Waals surface area contributed by atoms with Gasteiger partial charge in [-0.15, -0.1) is 0 Å². The Labute approximate surface area is 147 Å². The first-order valence-electron chi connectivity index (χ1n) is 8.96. The van der Waals surface area contributed by atoms with Gasteiger partial charge < -0.3 is 10.2 Å². The number of likely N-dealkylation sites (tertiary alicyclic amines) is 1. The van der Waals surface area contributed by atoms with Gasteiger partial charge in [-0.05, 0) is 44.2 Å². The van der Waals surface area contributed by atoms with Crippen LogP contribution < -0.4 is 5.32 Å². The van der Waals surface area contributed by atoms with Crippen LogP contribution in [0.4, 0.5) is 0 Å². The second-order valence-electron chi connectivity index (χ2n) is 8.31. The second-order valence-corrected chi connectivity index (χ2v) is 9.23. The summed E-state index contributed by atoms with van der Waals surface area (Å²) in [4.78, 5) is 27.8. The number of halogens is 1. The molecular formula is C18H29BrN2O2. The fourth-order valence-electron chi connectivity index (χ4n) is 5.12. The lowest BCUT2D eigenvalue weighted by atomic mass is 9.64. The summed E-state index contributed by atoms with van der Waals surface area (Å²) in [5.74, 6) is 0.274. The van der Waals surface area contributed by atoms with Gasteiger partial charge in [0.2, 0.25) is 5.91 Å². The number of piperidine rings is 1. The van der Waals surface area contributed by atoms with Gasteiger partial charge in [0.25, 0.3) is 0 Å². The molecule has 0 aromatic rings. The molecule has 5 heteroatoms. The van der Waals surface area contributed by atoms with Gasteiger partial charge in [0, 0.05) is 18.5 Å². The summed E-state index contributed by atoms with van der Waals surface area (Å²) in [6, 6.07) is 0. The van der Waals surface area contributed by atoms with Crippen molar-refractivity contribution in [3.8, 4) is 0 Å². The van der Waals surface area contributed by atoms with Gasteiger partial charge in [-0.25, -0.2) is 0 Å². The lowest BCUT2D eigenvalue weighted by Gasteiger charge is -2.39. The molecule has 0 unspecified atom stereocenters. The van der Waals surface area contributed by atoms with Gasteiger partial charge in [0.1, 0.15) is 0 Å². The van der Waals surface area contributed by atoms with Crippen LogP contribution >= 0.6 is 15.9 Å². The number of ketones is 1. The summed E-state index contributed by atoms with van der Waals surface area (Å²) in [7, 11) is 0. The lowest BCUT2D eigenvalue weighted by molar-refractivity contribution is -0.136. The second kappa shape index (κ2) is 5.83. The maximum absolute atomic E-state index is 13.1. The summed E-state index contributed by atoms with van der Waals surface area (Å²) in [5.41, 5.74) is -1.29.